The van der Waals surface area contributed by atoms with Gasteiger partial charge in [0, 0.05) is 18.2 Å². The smallest absolute Gasteiger partial charge is 0.314 e. The Morgan fingerprint density at radius 1 is 1.41 bits per heavy atom. The second kappa shape index (κ2) is 3.84. The lowest BCUT2D eigenvalue weighted by atomic mass is 9.95. The molecule has 0 atom stereocenters. The Bertz CT molecular complexity index is 495. The molecule has 1 saturated carbocycles. The quantitative estimate of drug-likeness (QED) is 0.843. The fraction of sp³-hybridized carbons (Fsp3) is 0.333. The number of hydrogen-bond acceptors (Lipinski definition) is 2. The van der Waals surface area contributed by atoms with E-state index in [1.54, 1.807) is 0 Å². The zero-order valence-electron chi connectivity index (χ0n) is 9.29. The molecule has 0 heterocycles. The number of carbonyl (C=O) groups excluding carboxylic acids is 1. The van der Waals surface area contributed by atoms with Gasteiger partial charge in [0.05, 0.1) is 5.41 Å². The van der Waals surface area contributed by atoms with Crippen molar-refractivity contribution in [2.24, 2.45) is 0 Å². The van der Waals surface area contributed by atoms with Gasteiger partial charge in [-0.05, 0) is 25.0 Å². The van der Waals surface area contributed by atoms with E-state index < -0.39 is 17.2 Å². The molecule has 0 radical (unpaired) electrons. The van der Waals surface area contributed by atoms with Crippen molar-refractivity contribution in [2.45, 2.75) is 25.2 Å². The second-order valence-electron chi connectivity index (χ2n) is 4.26. The monoisotopic (exact) mass is 237 g/mol. The number of nitrogens with one attached hydrogen (secondary N) is 1. The summed E-state index contributed by atoms with van der Waals surface area (Å²) in [6.45, 7) is 1.32. The number of hydrogen-bond donors (Lipinski definition) is 2. The molecule has 4 nitrogen and oxygen atoms in total. The lowest BCUT2D eigenvalue weighted by Gasteiger charge is -2.12. The molecule has 2 N–H and O–H groups in total. The Morgan fingerprint density at radius 2 is 2.06 bits per heavy atom. The van der Waals surface area contributed by atoms with Crippen LogP contribution in [-0.4, -0.2) is 17.0 Å². The molecular formula is C12H12FNO3. The summed E-state index contributed by atoms with van der Waals surface area (Å²) in [4.78, 5) is 21.9. The van der Waals surface area contributed by atoms with Gasteiger partial charge in [0.15, 0.2) is 0 Å². The van der Waals surface area contributed by atoms with E-state index in [2.05, 4.69) is 5.32 Å². The molecule has 17 heavy (non-hydrogen) atoms. The third kappa shape index (κ3) is 2.00. The average molecular weight is 237 g/mol. The minimum atomic E-state index is -1.06. The number of rotatable bonds is 3. The van der Waals surface area contributed by atoms with Crippen molar-refractivity contribution in [3.8, 4) is 0 Å². The molecule has 90 valence electrons. The van der Waals surface area contributed by atoms with E-state index in [-0.39, 0.29) is 11.5 Å². The Kier molecular flexibility index (Phi) is 2.61. The molecule has 1 aliphatic carbocycles. The number of amides is 1. The maximum atomic E-state index is 13.8. The molecule has 1 aliphatic rings. The average Bonchev–Trinajstić information content (AvgIpc) is 2.97. The number of carboxylic acids is 1. The van der Waals surface area contributed by atoms with Gasteiger partial charge in [0.25, 0.3) is 0 Å². The molecule has 1 fully saturated rings. The molecule has 0 spiro atoms. The van der Waals surface area contributed by atoms with Crippen LogP contribution in [0.15, 0.2) is 18.2 Å². The molecule has 5 heteroatoms. The zero-order valence-corrected chi connectivity index (χ0v) is 9.29. The highest BCUT2D eigenvalue weighted by Gasteiger charge is 2.53. The van der Waals surface area contributed by atoms with Crippen molar-refractivity contribution in [1.82, 2.24) is 0 Å². The summed E-state index contributed by atoms with van der Waals surface area (Å²) in [5.41, 5.74) is -0.530. The molecule has 1 amide bonds. The predicted octanol–water partition coefficient (Wildman–Crippen LogP) is 1.90. The second-order valence-corrected chi connectivity index (χ2v) is 4.26. The lowest BCUT2D eigenvalue weighted by molar-refractivity contribution is -0.140. The van der Waals surface area contributed by atoms with Gasteiger partial charge in [-0.25, -0.2) is 4.39 Å². The Morgan fingerprint density at radius 3 is 2.47 bits per heavy atom. The largest absolute Gasteiger partial charge is 0.481 e. The van der Waals surface area contributed by atoms with Crippen LogP contribution in [0.2, 0.25) is 0 Å². The van der Waals surface area contributed by atoms with Crippen LogP contribution in [-0.2, 0) is 15.0 Å². The molecular weight excluding hydrogens is 225 g/mol. The maximum Gasteiger partial charge on any atom is 0.314 e. The van der Waals surface area contributed by atoms with Crippen LogP contribution in [0, 0.1) is 5.82 Å². The summed E-state index contributed by atoms with van der Waals surface area (Å²) in [6.07, 6.45) is 0.914. The summed E-state index contributed by atoms with van der Waals surface area (Å²) < 4.78 is 13.8. The SMILES string of the molecule is CC(=O)Nc1ccc(C2(C(=O)O)CC2)c(F)c1. The number of anilines is 1. The third-order valence-electron chi connectivity index (χ3n) is 2.96. The van der Waals surface area contributed by atoms with Crippen LogP contribution in [0.5, 0.6) is 0 Å². The van der Waals surface area contributed by atoms with Crippen LogP contribution < -0.4 is 5.32 Å². The molecule has 1 aromatic carbocycles. The lowest BCUT2D eigenvalue weighted by Crippen LogP contribution is -2.21. The Labute approximate surface area is 97.4 Å². The fourth-order valence-corrected chi connectivity index (χ4v) is 1.91. The van der Waals surface area contributed by atoms with Crippen molar-refractivity contribution in [2.75, 3.05) is 5.32 Å². The predicted molar refractivity (Wildman–Crippen MR) is 59.3 cm³/mol. The van der Waals surface area contributed by atoms with E-state index in [1.807, 2.05) is 0 Å². The van der Waals surface area contributed by atoms with Crippen molar-refractivity contribution in [3.05, 3.63) is 29.6 Å². The molecule has 2 rings (SSSR count). The number of carbonyl (C=O) groups is 2. The van der Waals surface area contributed by atoms with Crippen molar-refractivity contribution in [1.29, 1.82) is 0 Å². The topological polar surface area (TPSA) is 66.4 Å². The van der Waals surface area contributed by atoms with Crippen LogP contribution in [0.1, 0.15) is 25.3 Å². The molecule has 0 aliphatic heterocycles. The highest BCUT2D eigenvalue weighted by molar-refractivity contribution is 5.89. The number of aliphatic carboxylic acids is 1. The van der Waals surface area contributed by atoms with Gasteiger partial charge in [-0.3, -0.25) is 9.59 Å². The van der Waals surface area contributed by atoms with Gasteiger partial charge in [0.1, 0.15) is 5.82 Å². The van der Waals surface area contributed by atoms with E-state index in [4.69, 9.17) is 5.11 Å². The third-order valence-corrected chi connectivity index (χ3v) is 2.96. The highest BCUT2D eigenvalue weighted by atomic mass is 19.1. The summed E-state index contributed by atoms with van der Waals surface area (Å²) in [7, 11) is 0. The first-order valence-corrected chi connectivity index (χ1v) is 5.27. The zero-order chi connectivity index (χ0) is 12.6. The maximum absolute atomic E-state index is 13.8. The van der Waals surface area contributed by atoms with Gasteiger partial charge in [-0.1, -0.05) is 6.07 Å². The van der Waals surface area contributed by atoms with E-state index in [0.717, 1.165) is 6.07 Å². The first-order valence-electron chi connectivity index (χ1n) is 5.27. The van der Waals surface area contributed by atoms with Gasteiger partial charge in [0.2, 0.25) is 5.91 Å². The Balaban J connectivity index is 2.33. The van der Waals surface area contributed by atoms with Crippen molar-refractivity contribution >= 4 is 17.6 Å². The van der Waals surface area contributed by atoms with Crippen LogP contribution in [0.4, 0.5) is 10.1 Å². The number of benzene rings is 1. The van der Waals surface area contributed by atoms with E-state index >= 15 is 0 Å². The first kappa shape index (κ1) is 11.6. The van der Waals surface area contributed by atoms with Crippen molar-refractivity contribution in [3.63, 3.8) is 0 Å². The van der Waals surface area contributed by atoms with Gasteiger partial charge >= 0.3 is 5.97 Å². The Hall–Kier alpha value is -1.91. The molecule has 0 unspecified atom stereocenters. The van der Waals surface area contributed by atoms with Crippen LogP contribution in [0.25, 0.3) is 0 Å². The molecule has 0 bridgehead atoms. The van der Waals surface area contributed by atoms with Crippen LogP contribution >= 0.6 is 0 Å². The highest BCUT2D eigenvalue weighted by Crippen LogP contribution is 2.49. The van der Waals surface area contributed by atoms with E-state index in [0.29, 0.717) is 18.5 Å². The summed E-state index contributed by atoms with van der Waals surface area (Å²) in [6, 6.07) is 4.10. The van der Waals surface area contributed by atoms with Crippen molar-refractivity contribution < 1.29 is 19.1 Å². The number of carboxylic acid groups (broad SMARTS) is 1. The standard InChI is InChI=1S/C12H12FNO3/c1-7(15)14-8-2-3-9(10(13)6-8)12(4-5-12)11(16)17/h2-3,6H,4-5H2,1H3,(H,14,15)(H,16,17). The summed E-state index contributed by atoms with van der Waals surface area (Å²) in [5.74, 6) is -1.88. The van der Waals surface area contributed by atoms with E-state index in [1.165, 1.54) is 19.1 Å². The van der Waals surface area contributed by atoms with Gasteiger partial charge < -0.3 is 10.4 Å². The van der Waals surface area contributed by atoms with Crippen LogP contribution in [0.3, 0.4) is 0 Å². The minimum absolute atomic E-state index is 0.194. The number of halogens is 1. The first-order chi connectivity index (χ1) is 7.95. The summed E-state index contributed by atoms with van der Waals surface area (Å²) in [5, 5.41) is 11.5. The molecule has 0 aromatic heterocycles. The van der Waals surface area contributed by atoms with E-state index in [9.17, 15) is 14.0 Å². The van der Waals surface area contributed by atoms with Gasteiger partial charge in [-0.2, -0.15) is 0 Å². The van der Waals surface area contributed by atoms with Gasteiger partial charge in [-0.15, -0.1) is 0 Å². The normalized spacial score (nSPS) is 16.4. The molecule has 0 saturated heterocycles. The fourth-order valence-electron chi connectivity index (χ4n) is 1.91. The molecule has 1 aromatic rings. The minimum Gasteiger partial charge on any atom is -0.481 e. The summed E-state index contributed by atoms with van der Waals surface area (Å²) >= 11 is 0.